The summed E-state index contributed by atoms with van der Waals surface area (Å²) in [6, 6.07) is 0.741. The Kier molecular flexibility index (Phi) is 3.19. The zero-order valence-corrected chi connectivity index (χ0v) is 8.46. The molecule has 3 nitrogen and oxygen atoms in total. The fourth-order valence-corrected chi connectivity index (χ4v) is 2.28. The van der Waals surface area contributed by atoms with Gasteiger partial charge in [-0.05, 0) is 26.3 Å². The van der Waals surface area contributed by atoms with Crippen LogP contribution < -0.4 is 5.32 Å². The van der Waals surface area contributed by atoms with Gasteiger partial charge < -0.3 is 10.1 Å². The fourth-order valence-electron chi connectivity index (χ4n) is 2.28. The van der Waals surface area contributed by atoms with Crippen LogP contribution in [-0.4, -0.2) is 49.8 Å². The smallest absolute Gasteiger partial charge is 0.0674 e. The molecule has 0 spiro atoms. The van der Waals surface area contributed by atoms with Gasteiger partial charge in [0.2, 0.25) is 0 Å². The standard InChI is InChI=1S/C10H20N2O/c1-9-7-12(5-6-13-9)8-10-3-2-4-11-10/h9-11H,2-8H2,1H3. The molecule has 0 aromatic carbocycles. The van der Waals surface area contributed by atoms with Crippen molar-refractivity contribution in [2.75, 3.05) is 32.8 Å². The van der Waals surface area contributed by atoms with Crippen molar-refractivity contribution in [2.45, 2.75) is 31.9 Å². The van der Waals surface area contributed by atoms with E-state index in [4.69, 9.17) is 4.74 Å². The Hall–Kier alpha value is -0.120. The number of morpholine rings is 1. The molecule has 1 N–H and O–H groups in total. The van der Waals surface area contributed by atoms with E-state index in [1.807, 2.05) is 0 Å². The molecule has 0 aromatic rings. The molecule has 2 unspecified atom stereocenters. The quantitative estimate of drug-likeness (QED) is 0.675. The Labute approximate surface area is 80.4 Å². The van der Waals surface area contributed by atoms with E-state index in [0.29, 0.717) is 6.10 Å². The molecular formula is C10H20N2O. The number of hydrogen-bond donors (Lipinski definition) is 1. The third-order valence-electron chi connectivity index (χ3n) is 2.97. The number of ether oxygens (including phenoxy) is 1. The molecule has 2 rings (SSSR count). The molecule has 0 radical (unpaired) electrons. The van der Waals surface area contributed by atoms with E-state index in [1.165, 1.54) is 25.9 Å². The molecule has 3 heteroatoms. The Morgan fingerprint density at radius 3 is 3.15 bits per heavy atom. The topological polar surface area (TPSA) is 24.5 Å². The third-order valence-corrected chi connectivity index (χ3v) is 2.97. The lowest BCUT2D eigenvalue weighted by Gasteiger charge is -2.32. The van der Waals surface area contributed by atoms with Gasteiger partial charge >= 0.3 is 0 Å². The SMILES string of the molecule is CC1CN(CC2CCCN2)CCO1. The molecule has 0 saturated carbocycles. The van der Waals surface area contributed by atoms with Crippen molar-refractivity contribution >= 4 is 0 Å². The van der Waals surface area contributed by atoms with Crippen LogP contribution in [0.15, 0.2) is 0 Å². The van der Waals surface area contributed by atoms with E-state index in [9.17, 15) is 0 Å². The molecule has 0 amide bonds. The third kappa shape index (κ3) is 2.66. The Balaban J connectivity index is 1.73. The molecule has 2 atom stereocenters. The van der Waals surface area contributed by atoms with Crippen molar-refractivity contribution < 1.29 is 4.74 Å². The Morgan fingerprint density at radius 1 is 1.54 bits per heavy atom. The molecule has 2 saturated heterocycles. The maximum atomic E-state index is 5.51. The first-order valence-electron chi connectivity index (χ1n) is 5.42. The highest BCUT2D eigenvalue weighted by molar-refractivity contribution is 4.79. The molecule has 2 aliphatic heterocycles. The summed E-state index contributed by atoms with van der Waals surface area (Å²) in [7, 11) is 0. The molecule has 13 heavy (non-hydrogen) atoms. The van der Waals surface area contributed by atoms with Crippen molar-refractivity contribution in [3.8, 4) is 0 Å². The minimum absolute atomic E-state index is 0.426. The van der Waals surface area contributed by atoms with Crippen LogP contribution in [0.4, 0.5) is 0 Å². The van der Waals surface area contributed by atoms with E-state index in [0.717, 1.165) is 25.7 Å². The van der Waals surface area contributed by atoms with Crippen LogP contribution >= 0.6 is 0 Å². The minimum Gasteiger partial charge on any atom is -0.376 e. The highest BCUT2D eigenvalue weighted by Crippen LogP contribution is 2.10. The zero-order valence-electron chi connectivity index (χ0n) is 8.46. The summed E-state index contributed by atoms with van der Waals surface area (Å²) >= 11 is 0. The lowest BCUT2D eigenvalue weighted by atomic mass is 10.2. The van der Waals surface area contributed by atoms with Crippen LogP contribution in [0.3, 0.4) is 0 Å². The largest absolute Gasteiger partial charge is 0.376 e. The van der Waals surface area contributed by atoms with Crippen LogP contribution in [-0.2, 0) is 4.74 Å². The average Bonchev–Trinajstić information content (AvgIpc) is 2.57. The van der Waals surface area contributed by atoms with Gasteiger partial charge in [-0.15, -0.1) is 0 Å². The van der Waals surface area contributed by atoms with E-state index in [-0.39, 0.29) is 0 Å². The van der Waals surface area contributed by atoms with Crippen LogP contribution in [0, 0.1) is 0 Å². The molecule has 2 aliphatic rings. The monoisotopic (exact) mass is 184 g/mol. The summed E-state index contributed by atoms with van der Waals surface area (Å²) in [5, 5.41) is 3.54. The van der Waals surface area contributed by atoms with Gasteiger partial charge in [-0.3, -0.25) is 4.90 Å². The highest BCUT2D eigenvalue weighted by atomic mass is 16.5. The summed E-state index contributed by atoms with van der Waals surface area (Å²) < 4.78 is 5.51. The van der Waals surface area contributed by atoms with Gasteiger partial charge in [-0.25, -0.2) is 0 Å². The van der Waals surface area contributed by atoms with E-state index >= 15 is 0 Å². The predicted molar refractivity (Wildman–Crippen MR) is 52.9 cm³/mol. The second-order valence-electron chi connectivity index (χ2n) is 4.23. The molecular weight excluding hydrogens is 164 g/mol. The van der Waals surface area contributed by atoms with E-state index < -0.39 is 0 Å². The summed E-state index contributed by atoms with van der Waals surface area (Å²) in [5.74, 6) is 0. The van der Waals surface area contributed by atoms with Gasteiger partial charge in [0, 0.05) is 25.7 Å². The van der Waals surface area contributed by atoms with Gasteiger partial charge in [-0.2, -0.15) is 0 Å². The van der Waals surface area contributed by atoms with Gasteiger partial charge in [0.15, 0.2) is 0 Å². The average molecular weight is 184 g/mol. The van der Waals surface area contributed by atoms with Crippen molar-refractivity contribution in [1.82, 2.24) is 10.2 Å². The first-order chi connectivity index (χ1) is 6.34. The zero-order chi connectivity index (χ0) is 9.10. The van der Waals surface area contributed by atoms with Gasteiger partial charge in [-0.1, -0.05) is 0 Å². The summed E-state index contributed by atoms with van der Waals surface area (Å²) in [5.41, 5.74) is 0. The Morgan fingerprint density at radius 2 is 2.46 bits per heavy atom. The fraction of sp³-hybridized carbons (Fsp3) is 1.00. The summed E-state index contributed by atoms with van der Waals surface area (Å²) in [4.78, 5) is 2.52. The second kappa shape index (κ2) is 4.40. The van der Waals surface area contributed by atoms with Gasteiger partial charge in [0.05, 0.1) is 12.7 Å². The van der Waals surface area contributed by atoms with Crippen LogP contribution in [0.5, 0.6) is 0 Å². The maximum absolute atomic E-state index is 5.51. The summed E-state index contributed by atoms with van der Waals surface area (Å²) in [6.07, 6.45) is 3.13. The lowest BCUT2D eigenvalue weighted by molar-refractivity contribution is -0.0204. The van der Waals surface area contributed by atoms with E-state index in [2.05, 4.69) is 17.1 Å². The van der Waals surface area contributed by atoms with Crippen molar-refractivity contribution in [3.05, 3.63) is 0 Å². The molecule has 0 bridgehead atoms. The normalized spacial score (nSPS) is 36.7. The Bertz CT molecular complexity index is 157. The highest BCUT2D eigenvalue weighted by Gasteiger charge is 2.21. The lowest BCUT2D eigenvalue weighted by Crippen LogP contribution is -2.46. The number of rotatable bonds is 2. The number of nitrogens with zero attached hydrogens (tertiary/aromatic N) is 1. The molecule has 0 aliphatic carbocycles. The molecule has 0 aromatic heterocycles. The predicted octanol–water partition coefficient (Wildman–Crippen LogP) is 0.459. The van der Waals surface area contributed by atoms with Crippen LogP contribution in [0.1, 0.15) is 19.8 Å². The first kappa shape index (κ1) is 9.44. The first-order valence-corrected chi connectivity index (χ1v) is 5.42. The van der Waals surface area contributed by atoms with Gasteiger partial charge in [0.1, 0.15) is 0 Å². The van der Waals surface area contributed by atoms with Crippen molar-refractivity contribution in [2.24, 2.45) is 0 Å². The molecule has 2 fully saturated rings. The molecule has 76 valence electrons. The molecule has 2 heterocycles. The van der Waals surface area contributed by atoms with Crippen LogP contribution in [0.25, 0.3) is 0 Å². The van der Waals surface area contributed by atoms with Crippen molar-refractivity contribution in [1.29, 1.82) is 0 Å². The maximum Gasteiger partial charge on any atom is 0.0674 e. The summed E-state index contributed by atoms with van der Waals surface area (Å²) in [6.45, 7) is 7.72. The second-order valence-corrected chi connectivity index (χ2v) is 4.23. The number of hydrogen-bond acceptors (Lipinski definition) is 3. The van der Waals surface area contributed by atoms with Gasteiger partial charge in [0.25, 0.3) is 0 Å². The van der Waals surface area contributed by atoms with Crippen LogP contribution in [0.2, 0.25) is 0 Å². The number of nitrogens with one attached hydrogen (secondary N) is 1. The minimum atomic E-state index is 0.426. The van der Waals surface area contributed by atoms with E-state index in [1.54, 1.807) is 0 Å². The van der Waals surface area contributed by atoms with Crippen molar-refractivity contribution in [3.63, 3.8) is 0 Å².